The Morgan fingerprint density at radius 2 is 1.43 bits per heavy atom. The van der Waals surface area contributed by atoms with E-state index in [-0.39, 0.29) is 11.4 Å². The Hall–Kier alpha value is -3.91. The largest absolute Gasteiger partial charge is 0.455 e. The average molecular weight is 688 g/mol. The lowest BCUT2D eigenvalue weighted by atomic mass is 10.0. The van der Waals surface area contributed by atoms with Gasteiger partial charge in [-0.15, -0.1) is 0 Å². The summed E-state index contributed by atoms with van der Waals surface area (Å²) >= 11 is 0. The van der Waals surface area contributed by atoms with E-state index in [0.717, 1.165) is 5.32 Å². The highest BCUT2D eigenvalue weighted by Gasteiger charge is 2.58. The molecule has 4 amide bonds. The fourth-order valence-corrected chi connectivity index (χ4v) is 3.91. The first kappa shape index (κ1) is 38.3. The van der Waals surface area contributed by atoms with E-state index in [1.54, 1.807) is 0 Å². The van der Waals surface area contributed by atoms with Crippen LogP contribution in [0.3, 0.4) is 0 Å². The van der Waals surface area contributed by atoms with Crippen molar-refractivity contribution in [1.82, 2.24) is 10.6 Å². The summed E-state index contributed by atoms with van der Waals surface area (Å²) in [5.41, 5.74) is -3.85. The Morgan fingerprint density at radius 3 is 1.98 bits per heavy atom. The van der Waals surface area contributed by atoms with Gasteiger partial charge in [0.15, 0.2) is 0 Å². The van der Waals surface area contributed by atoms with Gasteiger partial charge in [-0.05, 0) is 31.9 Å². The molecule has 0 aliphatic carbocycles. The molecule has 0 bridgehead atoms. The number of amides is 4. The molecule has 1 aliphatic rings. The maximum Gasteiger partial charge on any atom is 0.455 e. The zero-order valence-electron chi connectivity index (χ0n) is 23.6. The van der Waals surface area contributed by atoms with Crippen molar-refractivity contribution in [3.05, 3.63) is 24.3 Å². The standard InChI is InChI=1S/C25H27F11N4O6/c1-21(45,18(42)37-13-22(26,27)25(34,35)36)19(43)38-14-12-40(20(44)46-11-5-9-24(31,32)33)16-7-3-2-6-15(16)39(17(14)41)10-4-8-23(28,29)30/h2-3,6-7,14,45H,4-5,8-13H2,1H3,(H,37,42)(H,38,43)/t14-,21?/m0/s1. The van der Waals surface area contributed by atoms with Crippen LogP contribution < -0.4 is 20.4 Å². The molecule has 0 radical (unpaired) electrons. The van der Waals surface area contributed by atoms with E-state index in [4.69, 9.17) is 4.74 Å². The summed E-state index contributed by atoms with van der Waals surface area (Å²) in [5.74, 6) is -10.6. The number of carbonyl (C=O) groups is 4. The van der Waals surface area contributed by atoms with Crippen LogP contribution in [0.25, 0.3) is 0 Å². The van der Waals surface area contributed by atoms with Crippen LogP contribution in [0.4, 0.5) is 64.5 Å². The van der Waals surface area contributed by atoms with E-state index < -0.39 is 112 Å². The maximum atomic E-state index is 13.5. The summed E-state index contributed by atoms with van der Waals surface area (Å²) < 4.78 is 145. The molecule has 3 N–H and O–H groups in total. The van der Waals surface area contributed by atoms with Crippen LogP contribution in [-0.4, -0.2) is 91.3 Å². The number of benzene rings is 1. The molecule has 2 rings (SSSR count). The normalized spacial score (nSPS) is 17.5. The maximum absolute atomic E-state index is 13.5. The van der Waals surface area contributed by atoms with Crippen LogP contribution in [0.5, 0.6) is 0 Å². The van der Waals surface area contributed by atoms with Crippen molar-refractivity contribution in [1.29, 1.82) is 0 Å². The van der Waals surface area contributed by atoms with E-state index in [2.05, 4.69) is 0 Å². The van der Waals surface area contributed by atoms with Gasteiger partial charge >= 0.3 is 30.5 Å². The van der Waals surface area contributed by atoms with Crippen LogP contribution >= 0.6 is 0 Å². The first-order chi connectivity index (χ1) is 20.9. The first-order valence-electron chi connectivity index (χ1n) is 13.1. The molecule has 46 heavy (non-hydrogen) atoms. The Bertz CT molecular complexity index is 1270. The summed E-state index contributed by atoms with van der Waals surface area (Å²) in [4.78, 5) is 52.9. The smallest absolute Gasteiger partial charge is 0.449 e. The molecule has 0 spiro atoms. The summed E-state index contributed by atoms with van der Waals surface area (Å²) in [5, 5.41) is 13.3. The third-order valence-corrected chi connectivity index (χ3v) is 6.36. The predicted molar refractivity (Wildman–Crippen MR) is 135 cm³/mol. The van der Waals surface area contributed by atoms with Crippen molar-refractivity contribution >= 4 is 35.2 Å². The number of anilines is 2. The molecule has 21 heteroatoms. The molecule has 1 unspecified atom stereocenters. The Kier molecular flexibility index (Phi) is 11.9. The number of carbonyl (C=O) groups excluding carboxylic acids is 4. The molecule has 260 valence electrons. The predicted octanol–water partition coefficient (Wildman–Crippen LogP) is 4.21. The zero-order chi connectivity index (χ0) is 35.3. The number of fused-ring (bicyclic) bond motifs is 1. The van der Waals surface area contributed by atoms with Crippen LogP contribution in [0, 0.1) is 0 Å². The fourth-order valence-electron chi connectivity index (χ4n) is 3.91. The number of hydrogen-bond acceptors (Lipinski definition) is 6. The lowest BCUT2D eigenvalue weighted by Gasteiger charge is -2.29. The van der Waals surface area contributed by atoms with Gasteiger partial charge in [0.25, 0.3) is 17.7 Å². The molecule has 0 saturated heterocycles. The number of hydrogen-bond donors (Lipinski definition) is 3. The lowest BCUT2D eigenvalue weighted by Crippen LogP contribution is -2.62. The number of alkyl halides is 11. The molecule has 0 aromatic heterocycles. The molecule has 1 aliphatic heterocycles. The Balaban J connectivity index is 2.39. The van der Waals surface area contributed by atoms with Gasteiger partial charge in [0.1, 0.15) is 6.04 Å². The molecule has 1 aromatic rings. The van der Waals surface area contributed by atoms with E-state index in [9.17, 15) is 72.6 Å². The van der Waals surface area contributed by atoms with E-state index >= 15 is 0 Å². The monoisotopic (exact) mass is 688 g/mol. The Morgan fingerprint density at radius 1 is 0.891 bits per heavy atom. The van der Waals surface area contributed by atoms with Crippen LogP contribution in [-0.2, 0) is 19.1 Å². The number of para-hydroxylation sites is 2. The van der Waals surface area contributed by atoms with Crippen molar-refractivity contribution in [2.24, 2.45) is 0 Å². The summed E-state index contributed by atoms with van der Waals surface area (Å²) in [6.07, 6.45) is -20.9. The summed E-state index contributed by atoms with van der Waals surface area (Å²) in [6, 6.07) is 2.95. The highest BCUT2D eigenvalue weighted by molar-refractivity contribution is 6.11. The number of ether oxygens (including phenoxy) is 1. The van der Waals surface area contributed by atoms with E-state index in [0.29, 0.717) is 16.7 Å². The number of aliphatic hydroxyl groups is 1. The third kappa shape index (κ3) is 10.3. The van der Waals surface area contributed by atoms with Crippen molar-refractivity contribution < 1.29 is 77.3 Å². The minimum atomic E-state index is -6.11. The second kappa shape index (κ2) is 14.2. The van der Waals surface area contributed by atoms with Gasteiger partial charge in [0.05, 0.1) is 31.1 Å². The summed E-state index contributed by atoms with van der Waals surface area (Å²) in [6.45, 7) is -4.43. The van der Waals surface area contributed by atoms with Crippen LogP contribution in [0.1, 0.15) is 32.6 Å². The van der Waals surface area contributed by atoms with E-state index in [1.165, 1.54) is 24.3 Å². The van der Waals surface area contributed by atoms with Crippen molar-refractivity contribution in [3.8, 4) is 0 Å². The third-order valence-electron chi connectivity index (χ3n) is 6.36. The van der Waals surface area contributed by atoms with Crippen LogP contribution in [0.2, 0.25) is 0 Å². The van der Waals surface area contributed by atoms with Gasteiger partial charge in [0, 0.05) is 19.4 Å². The number of halogens is 11. The molecule has 10 nitrogen and oxygen atoms in total. The highest BCUT2D eigenvalue weighted by atomic mass is 19.4. The Labute approximate surface area is 252 Å². The number of nitrogens with zero attached hydrogens (tertiary/aromatic N) is 2. The zero-order valence-corrected chi connectivity index (χ0v) is 23.6. The van der Waals surface area contributed by atoms with Crippen LogP contribution in [0.15, 0.2) is 24.3 Å². The lowest BCUT2D eigenvalue weighted by molar-refractivity contribution is -0.278. The topological polar surface area (TPSA) is 128 Å². The SMILES string of the molecule is CC(O)(C(=O)NCC(F)(F)C(F)(F)F)C(=O)N[C@H]1CN(C(=O)OCCCC(F)(F)F)c2ccccc2N(CCCC(F)(F)F)C1=O. The first-order valence-corrected chi connectivity index (χ1v) is 13.1. The van der Waals surface area contributed by atoms with Gasteiger partial charge in [-0.1, -0.05) is 12.1 Å². The average Bonchev–Trinajstić information content (AvgIpc) is 3.02. The van der Waals surface area contributed by atoms with E-state index in [1.807, 2.05) is 5.32 Å². The quantitative estimate of drug-likeness (QED) is 0.182. The second-order valence-electron chi connectivity index (χ2n) is 10.1. The molecular formula is C25H27F11N4O6. The number of rotatable bonds is 11. The fraction of sp³-hybridized carbons (Fsp3) is 0.600. The molecule has 1 heterocycles. The highest BCUT2D eigenvalue weighted by Crippen LogP contribution is 2.36. The molecule has 0 fully saturated rings. The van der Waals surface area contributed by atoms with Gasteiger partial charge in [-0.25, -0.2) is 4.79 Å². The molecule has 1 aromatic carbocycles. The molecule has 2 atom stereocenters. The van der Waals surface area contributed by atoms with Crippen molar-refractivity contribution in [2.75, 3.05) is 36.0 Å². The summed E-state index contributed by atoms with van der Waals surface area (Å²) in [7, 11) is 0. The van der Waals surface area contributed by atoms with Gasteiger partial charge in [-0.2, -0.15) is 48.3 Å². The van der Waals surface area contributed by atoms with Gasteiger partial charge in [0.2, 0.25) is 5.60 Å². The van der Waals surface area contributed by atoms with Gasteiger partial charge < -0.3 is 25.4 Å². The minimum absolute atomic E-state index is 0.209. The second-order valence-corrected chi connectivity index (χ2v) is 10.1. The van der Waals surface area contributed by atoms with Gasteiger partial charge in [-0.3, -0.25) is 19.3 Å². The number of nitrogens with one attached hydrogen (secondary N) is 2. The molecular weight excluding hydrogens is 661 g/mol. The minimum Gasteiger partial charge on any atom is -0.449 e. The van der Waals surface area contributed by atoms with Crippen molar-refractivity contribution in [2.45, 2.75) is 68.7 Å². The molecule has 0 saturated carbocycles. The van der Waals surface area contributed by atoms with Crippen molar-refractivity contribution in [3.63, 3.8) is 0 Å².